The third-order valence-corrected chi connectivity index (χ3v) is 3.20. The predicted octanol–water partition coefficient (Wildman–Crippen LogP) is 0.508. The SMILES string of the molecule is O=C1OC(=O)[C@H]2C3C=C[C@@H](C3)C12. The second-order valence-electron chi connectivity index (χ2n) is 3.74. The maximum absolute atomic E-state index is 11.2. The van der Waals surface area contributed by atoms with Crippen LogP contribution in [0.4, 0.5) is 0 Å². The zero-order valence-electron chi connectivity index (χ0n) is 6.40. The van der Waals surface area contributed by atoms with Gasteiger partial charge in [0.1, 0.15) is 0 Å². The fraction of sp³-hybridized carbons (Fsp3) is 0.556. The van der Waals surface area contributed by atoms with Gasteiger partial charge in [0.05, 0.1) is 11.8 Å². The van der Waals surface area contributed by atoms with Crippen molar-refractivity contribution in [3.8, 4) is 0 Å². The Morgan fingerprint density at radius 1 is 1.08 bits per heavy atom. The van der Waals surface area contributed by atoms with Crippen LogP contribution in [-0.2, 0) is 14.3 Å². The van der Waals surface area contributed by atoms with E-state index in [2.05, 4.69) is 4.74 Å². The standard InChI is InChI=1S/C9H8O3/c10-8-6-4-1-2-5(3-4)7(6)9(11)12-8/h1-2,4-7H,3H2/t4-,5?,6?,7-/m0/s1. The minimum atomic E-state index is -0.304. The highest BCUT2D eigenvalue weighted by Gasteiger charge is 2.57. The second kappa shape index (κ2) is 1.79. The zero-order valence-corrected chi connectivity index (χ0v) is 6.40. The first-order valence-electron chi connectivity index (χ1n) is 4.21. The molecule has 3 rings (SSSR count). The number of cyclic esters (lactones) is 2. The lowest BCUT2D eigenvalue weighted by Gasteiger charge is -2.12. The molecule has 3 heteroatoms. The van der Waals surface area contributed by atoms with E-state index >= 15 is 0 Å². The van der Waals surface area contributed by atoms with Crippen molar-refractivity contribution in [1.82, 2.24) is 0 Å². The van der Waals surface area contributed by atoms with E-state index < -0.39 is 0 Å². The van der Waals surface area contributed by atoms with Crippen LogP contribution in [0.2, 0.25) is 0 Å². The van der Waals surface area contributed by atoms with Crippen molar-refractivity contribution in [2.45, 2.75) is 6.42 Å². The summed E-state index contributed by atoms with van der Waals surface area (Å²) in [5.41, 5.74) is 0. The summed E-state index contributed by atoms with van der Waals surface area (Å²) in [5, 5.41) is 0. The number of carbonyl (C=O) groups excluding carboxylic acids is 2. The van der Waals surface area contributed by atoms with Crippen molar-refractivity contribution in [3.05, 3.63) is 12.2 Å². The van der Waals surface area contributed by atoms with Gasteiger partial charge in [-0.05, 0) is 18.3 Å². The number of hydrogen-bond donors (Lipinski definition) is 0. The third-order valence-electron chi connectivity index (χ3n) is 3.20. The Hall–Kier alpha value is -1.12. The van der Waals surface area contributed by atoms with E-state index in [1.54, 1.807) is 0 Å². The van der Waals surface area contributed by atoms with E-state index in [9.17, 15) is 9.59 Å². The van der Waals surface area contributed by atoms with E-state index in [-0.39, 0.29) is 35.6 Å². The number of carbonyl (C=O) groups is 2. The molecule has 3 aliphatic rings. The van der Waals surface area contributed by atoms with Gasteiger partial charge in [-0.1, -0.05) is 12.2 Å². The lowest BCUT2D eigenvalue weighted by atomic mass is 9.85. The summed E-state index contributed by atoms with van der Waals surface area (Å²) in [6, 6.07) is 0. The highest BCUT2D eigenvalue weighted by molar-refractivity contribution is 5.98. The molecule has 2 unspecified atom stereocenters. The number of ether oxygens (including phenoxy) is 1. The lowest BCUT2D eigenvalue weighted by molar-refractivity contribution is -0.154. The fourth-order valence-corrected chi connectivity index (χ4v) is 2.70. The fourth-order valence-electron chi connectivity index (χ4n) is 2.70. The minimum absolute atomic E-state index is 0.146. The van der Waals surface area contributed by atoms with Gasteiger partial charge in [-0.2, -0.15) is 0 Å². The molecule has 2 fully saturated rings. The van der Waals surface area contributed by atoms with Gasteiger partial charge in [0.2, 0.25) is 0 Å². The van der Waals surface area contributed by atoms with Gasteiger partial charge in [-0.25, -0.2) is 0 Å². The maximum atomic E-state index is 11.2. The van der Waals surface area contributed by atoms with Crippen LogP contribution in [0.1, 0.15) is 6.42 Å². The van der Waals surface area contributed by atoms with E-state index in [4.69, 9.17) is 0 Å². The molecule has 0 N–H and O–H groups in total. The van der Waals surface area contributed by atoms with Gasteiger partial charge < -0.3 is 4.74 Å². The van der Waals surface area contributed by atoms with Crippen LogP contribution in [-0.4, -0.2) is 11.9 Å². The van der Waals surface area contributed by atoms with Crippen LogP contribution in [0.25, 0.3) is 0 Å². The van der Waals surface area contributed by atoms with Crippen molar-refractivity contribution in [1.29, 1.82) is 0 Å². The molecule has 0 amide bonds. The van der Waals surface area contributed by atoms with Gasteiger partial charge in [0.15, 0.2) is 0 Å². The average Bonchev–Trinajstić information content (AvgIpc) is 2.64. The molecule has 1 aliphatic heterocycles. The molecule has 1 saturated heterocycles. The molecular formula is C9H8O3. The molecule has 4 atom stereocenters. The Morgan fingerprint density at radius 3 is 2.08 bits per heavy atom. The first-order chi connectivity index (χ1) is 5.77. The van der Waals surface area contributed by atoms with Gasteiger partial charge >= 0.3 is 11.9 Å². The van der Waals surface area contributed by atoms with Gasteiger partial charge in [0.25, 0.3) is 0 Å². The molecule has 0 aromatic carbocycles. The smallest absolute Gasteiger partial charge is 0.318 e. The Bertz CT molecular complexity index is 277. The highest BCUT2D eigenvalue weighted by Crippen LogP contribution is 2.51. The first kappa shape index (κ1) is 6.40. The summed E-state index contributed by atoms with van der Waals surface area (Å²) in [6.07, 6.45) is 5.06. The number of hydrogen-bond acceptors (Lipinski definition) is 3. The molecule has 2 aliphatic carbocycles. The van der Waals surface area contributed by atoms with Gasteiger partial charge in [0, 0.05) is 0 Å². The van der Waals surface area contributed by atoms with E-state index in [0.717, 1.165) is 6.42 Å². The van der Waals surface area contributed by atoms with Crippen molar-refractivity contribution in [3.63, 3.8) is 0 Å². The van der Waals surface area contributed by atoms with E-state index in [0.29, 0.717) is 0 Å². The Morgan fingerprint density at radius 2 is 1.58 bits per heavy atom. The zero-order chi connectivity index (χ0) is 8.29. The second-order valence-corrected chi connectivity index (χ2v) is 3.74. The van der Waals surface area contributed by atoms with Crippen molar-refractivity contribution < 1.29 is 14.3 Å². The van der Waals surface area contributed by atoms with Crippen LogP contribution < -0.4 is 0 Å². The Labute approximate surface area is 69.4 Å². The normalized spacial score (nSPS) is 48.3. The first-order valence-corrected chi connectivity index (χ1v) is 4.21. The molecular weight excluding hydrogens is 156 g/mol. The topological polar surface area (TPSA) is 43.4 Å². The summed E-state index contributed by atoms with van der Waals surface area (Å²) in [7, 11) is 0. The van der Waals surface area contributed by atoms with Crippen LogP contribution >= 0.6 is 0 Å². The number of allylic oxidation sites excluding steroid dienone is 2. The highest BCUT2D eigenvalue weighted by atomic mass is 16.6. The molecule has 0 radical (unpaired) electrons. The molecule has 0 aromatic heterocycles. The molecule has 0 spiro atoms. The Kier molecular flexibility index (Phi) is 0.953. The van der Waals surface area contributed by atoms with Crippen LogP contribution in [0.3, 0.4) is 0 Å². The molecule has 3 nitrogen and oxygen atoms in total. The predicted molar refractivity (Wildman–Crippen MR) is 38.8 cm³/mol. The largest absolute Gasteiger partial charge is 0.393 e. The molecule has 62 valence electrons. The number of esters is 2. The van der Waals surface area contributed by atoms with Crippen LogP contribution in [0.5, 0.6) is 0 Å². The Balaban J connectivity index is 2.08. The van der Waals surface area contributed by atoms with E-state index in [1.165, 1.54) is 0 Å². The van der Waals surface area contributed by atoms with Gasteiger partial charge in [-0.3, -0.25) is 9.59 Å². The monoisotopic (exact) mass is 164 g/mol. The van der Waals surface area contributed by atoms with Crippen LogP contribution in [0.15, 0.2) is 12.2 Å². The van der Waals surface area contributed by atoms with Crippen molar-refractivity contribution in [2.24, 2.45) is 23.7 Å². The molecule has 0 aromatic rings. The minimum Gasteiger partial charge on any atom is -0.393 e. The molecule has 12 heavy (non-hydrogen) atoms. The summed E-state index contributed by atoms with van der Waals surface area (Å²) < 4.78 is 4.59. The number of rotatable bonds is 0. The van der Waals surface area contributed by atoms with Gasteiger partial charge in [-0.15, -0.1) is 0 Å². The van der Waals surface area contributed by atoms with Crippen LogP contribution in [0, 0.1) is 23.7 Å². The summed E-state index contributed by atoms with van der Waals surface area (Å²) in [6.45, 7) is 0. The average molecular weight is 164 g/mol. The quantitative estimate of drug-likeness (QED) is 0.297. The molecule has 2 bridgehead atoms. The summed E-state index contributed by atoms with van der Waals surface area (Å²) in [4.78, 5) is 22.4. The summed E-state index contributed by atoms with van der Waals surface area (Å²) in [5.74, 6) is -0.346. The van der Waals surface area contributed by atoms with Crippen molar-refractivity contribution in [2.75, 3.05) is 0 Å². The summed E-state index contributed by atoms with van der Waals surface area (Å²) >= 11 is 0. The maximum Gasteiger partial charge on any atom is 0.318 e. The number of fused-ring (bicyclic) bond motifs is 5. The molecule has 1 saturated carbocycles. The van der Waals surface area contributed by atoms with Crippen molar-refractivity contribution >= 4 is 11.9 Å². The lowest BCUT2D eigenvalue weighted by Crippen LogP contribution is -2.21. The third kappa shape index (κ3) is 0.543. The van der Waals surface area contributed by atoms with E-state index in [1.807, 2.05) is 12.2 Å². The molecule has 1 heterocycles.